The first kappa shape index (κ1) is 12.5. The zero-order valence-electron chi connectivity index (χ0n) is 9.96. The third-order valence-electron chi connectivity index (χ3n) is 2.79. The minimum absolute atomic E-state index is 0.0866. The Kier molecular flexibility index (Phi) is 3.44. The van der Waals surface area contributed by atoms with E-state index in [1.807, 2.05) is 13.8 Å². The van der Waals surface area contributed by atoms with E-state index < -0.39 is 11.2 Å². The Morgan fingerprint density at radius 3 is 2.53 bits per heavy atom. The van der Waals surface area contributed by atoms with Gasteiger partial charge in [-0.3, -0.25) is 0 Å². The number of nitrogens with one attached hydrogen (secondary N) is 1. The van der Waals surface area contributed by atoms with Crippen molar-refractivity contribution in [1.82, 2.24) is 5.32 Å². The minimum Gasteiger partial charge on any atom is -0.378 e. The molecule has 0 amide bonds. The van der Waals surface area contributed by atoms with E-state index in [0.29, 0.717) is 6.42 Å². The third-order valence-corrected chi connectivity index (χ3v) is 2.79. The lowest BCUT2D eigenvalue weighted by atomic mass is 9.80. The summed E-state index contributed by atoms with van der Waals surface area (Å²) < 4.78 is 0. The SMILES string of the molecule is CC1CC(O)(C#CC(C)(C)O)C(C)CN1. The van der Waals surface area contributed by atoms with Crippen LogP contribution in [0.3, 0.4) is 0 Å². The van der Waals surface area contributed by atoms with Crippen LogP contribution in [0, 0.1) is 17.8 Å². The highest BCUT2D eigenvalue weighted by molar-refractivity contribution is 5.22. The first-order chi connectivity index (χ1) is 6.73. The van der Waals surface area contributed by atoms with E-state index in [2.05, 4.69) is 17.2 Å². The molecule has 0 bridgehead atoms. The Bertz CT molecular complexity index is 284. The van der Waals surface area contributed by atoms with Crippen LogP contribution >= 0.6 is 0 Å². The zero-order chi connectivity index (χ0) is 11.7. The van der Waals surface area contributed by atoms with Gasteiger partial charge in [0.1, 0.15) is 11.2 Å². The molecule has 1 heterocycles. The van der Waals surface area contributed by atoms with Crippen LogP contribution in [0.4, 0.5) is 0 Å². The summed E-state index contributed by atoms with van der Waals surface area (Å²) >= 11 is 0. The molecule has 15 heavy (non-hydrogen) atoms. The van der Waals surface area contributed by atoms with E-state index in [0.717, 1.165) is 6.54 Å². The van der Waals surface area contributed by atoms with Gasteiger partial charge in [0.25, 0.3) is 0 Å². The molecule has 0 saturated carbocycles. The molecule has 0 aromatic carbocycles. The second-order valence-corrected chi connectivity index (χ2v) is 5.15. The van der Waals surface area contributed by atoms with Gasteiger partial charge in [-0.1, -0.05) is 18.8 Å². The zero-order valence-corrected chi connectivity index (χ0v) is 9.96. The highest BCUT2D eigenvalue weighted by atomic mass is 16.3. The van der Waals surface area contributed by atoms with Gasteiger partial charge in [-0.25, -0.2) is 0 Å². The summed E-state index contributed by atoms with van der Waals surface area (Å²) in [6.45, 7) is 8.01. The maximum Gasteiger partial charge on any atom is 0.130 e. The maximum absolute atomic E-state index is 10.3. The van der Waals surface area contributed by atoms with Gasteiger partial charge in [0.05, 0.1) is 0 Å². The summed E-state index contributed by atoms with van der Waals surface area (Å²) in [7, 11) is 0. The van der Waals surface area contributed by atoms with Crippen molar-refractivity contribution in [3.8, 4) is 11.8 Å². The first-order valence-corrected chi connectivity index (χ1v) is 5.45. The van der Waals surface area contributed by atoms with Gasteiger partial charge < -0.3 is 15.5 Å². The fraction of sp³-hybridized carbons (Fsp3) is 0.833. The monoisotopic (exact) mass is 211 g/mol. The van der Waals surface area contributed by atoms with Crippen molar-refractivity contribution in [2.75, 3.05) is 6.54 Å². The molecule has 0 aromatic heterocycles. The van der Waals surface area contributed by atoms with Gasteiger partial charge in [0.15, 0.2) is 0 Å². The molecule has 86 valence electrons. The van der Waals surface area contributed by atoms with Crippen LogP contribution < -0.4 is 5.32 Å². The van der Waals surface area contributed by atoms with E-state index in [-0.39, 0.29) is 12.0 Å². The summed E-state index contributed by atoms with van der Waals surface area (Å²) in [6.07, 6.45) is 0.608. The van der Waals surface area contributed by atoms with Crippen LogP contribution in [0.5, 0.6) is 0 Å². The molecule has 1 saturated heterocycles. The molecule has 0 aromatic rings. The van der Waals surface area contributed by atoms with Crippen molar-refractivity contribution in [3.05, 3.63) is 0 Å². The van der Waals surface area contributed by atoms with Crippen molar-refractivity contribution in [3.63, 3.8) is 0 Å². The number of hydrogen-bond donors (Lipinski definition) is 3. The van der Waals surface area contributed by atoms with Gasteiger partial charge in [-0.15, -0.1) is 0 Å². The summed E-state index contributed by atoms with van der Waals surface area (Å²) in [4.78, 5) is 0. The van der Waals surface area contributed by atoms with Crippen molar-refractivity contribution >= 4 is 0 Å². The standard InChI is InChI=1S/C12H21NO2/c1-9-8-13-10(2)7-12(9,15)6-5-11(3,4)14/h9-10,13-15H,7-8H2,1-4H3. The van der Waals surface area contributed by atoms with Crippen LogP contribution in [-0.2, 0) is 0 Å². The summed E-state index contributed by atoms with van der Waals surface area (Å²) in [6, 6.07) is 0.266. The molecule has 3 nitrogen and oxygen atoms in total. The number of piperidine rings is 1. The van der Waals surface area contributed by atoms with Gasteiger partial charge in [0.2, 0.25) is 0 Å². The lowest BCUT2D eigenvalue weighted by Gasteiger charge is -2.38. The molecule has 0 radical (unpaired) electrons. The lowest BCUT2D eigenvalue weighted by Crippen LogP contribution is -2.52. The molecule has 0 spiro atoms. The van der Waals surface area contributed by atoms with Gasteiger partial charge >= 0.3 is 0 Å². The molecule has 3 N–H and O–H groups in total. The van der Waals surface area contributed by atoms with E-state index in [4.69, 9.17) is 0 Å². The van der Waals surface area contributed by atoms with Gasteiger partial charge in [-0.05, 0) is 20.8 Å². The summed E-state index contributed by atoms with van der Waals surface area (Å²) in [5, 5.41) is 23.2. The summed E-state index contributed by atoms with van der Waals surface area (Å²) in [5.41, 5.74) is -2.01. The van der Waals surface area contributed by atoms with Gasteiger partial charge in [0, 0.05) is 24.9 Å². The predicted octanol–water partition coefficient (Wildman–Crippen LogP) is 0.510. The van der Waals surface area contributed by atoms with Crippen molar-refractivity contribution in [1.29, 1.82) is 0 Å². The average Bonchev–Trinajstić information content (AvgIpc) is 2.08. The summed E-state index contributed by atoms with van der Waals surface area (Å²) in [5.74, 6) is 5.63. The van der Waals surface area contributed by atoms with Gasteiger partial charge in [-0.2, -0.15) is 0 Å². The predicted molar refractivity (Wildman–Crippen MR) is 60.3 cm³/mol. The maximum atomic E-state index is 10.3. The Balaban J connectivity index is 2.82. The molecule has 1 fully saturated rings. The molecule has 1 rings (SSSR count). The second kappa shape index (κ2) is 4.13. The molecule has 3 atom stereocenters. The number of hydrogen-bond acceptors (Lipinski definition) is 3. The molecule has 1 aliphatic heterocycles. The largest absolute Gasteiger partial charge is 0.378 e. The Morgan fingerprint density at radius 2 is 2.00 bits per heavy atom. The quantitative estimate of drug-likeness (QED) is 0.512. The van der Waals surface area contributed by atoms with Crippen LogP contribution in [0.2, 0.25) is 0 Å². The van der Waals surface area contributed by atoms with Crippen LogP contribution in [0.15, 0.2) is 0 Å². The normalized spacial score (nSPS) is 36.9. The average molecular weight is 211 g/mol. The Labute approximate surface area is 91.9 Å². The van der Waals surface area contributed by atoms with E-state index in [9.17, 15) is 10.2 Å². The van der Waals surface area contributed by atoms with E-state index >= 15 is 0 Å². The molecule has 1 aliphatic rings. The van der Waals surface area contributed by atoms with Crippen molar-refractivity contribution in [2.45, 2.75) is 51.4 Å². The molecule has 0 aliphatic carbocycles. The highest BCUT2D eigenvalue weighted by Gasteiger charge is 2.37. The minimum atomic E-state index is -1.04. The number of aliphatic hydroxyl groups is 2. The highest BCUT2D eigenvalue weighted by Crippen LogP contribution is 2.26. The lowest BCUT2D eigenvalue weighted by molar-refractivity contribution is 0.00679. The third kappa shape index (κ3) is 3.49. The van der Waals surface area contributed by atoms with Crippen molar-refractivity contribution < 1.29 is 10.2 Å². The van der Waals surface area contributed by atoms with E-state index in [1.54, 1.807) is 13.8 Å². The molecule has 3 heteroatoms. The van der Waals surface area contributed by atoms with Crippen LogP contribution in [0.1, 0.15) is 34.1 Å². The van der Waals surface area contributed by atoms with Crippen molar-refractivity contribution in [2.24, 2.45) is 5.92 Å². The topological polar surface area (TPSA) is 52.5 Å². The number of rotatable bonds is 0. The fourth-order valence-electron chi connectivity index (χ4n) is 1.72. The Morgan fingerprint density at radius 1 is 1.40 bits per heavy atom. The van der Waals surface area contributed by atoms with E-state index in [1.165, 1.54) is 0 Å². The Hall–Kier alpha value is -0.560. The van der Waals surface area contributed by atoms with Crippen LogP contribution in [-0.4, -0.2) is 34.0 Å². The molecule has 3 unspecified atom stereocenters. The smallest absolute Gasteiger partial charge is 0.130 e. The van der Waals surface area contributed by atoms with Crippen LogP contribution in [0.25, 0.3) is 0 Å². The first-order valence-electron chi connectivity index (χ1n) is 5.45. The second-order valence-electron chi connectivity index (χ2n) is 5.15. The fourth-order valence-corrected chi connectivity index (χ4v) is 1.72. The molecular weight excluding hydrogens is 190 g/mol. The molecular formula is C12H21NO2.